The fourth-order valence-electron chi connectivity index (χ4n) is 5.44. The van der Waals surface area contributed by atoms with Crippen LogP contribution in [0.5, 0.6) is 5.75 Å². The summed E-state index contributed by atoms with van der Waals surface area (Å²) in [5, 5.41) is 11.4. The minimum atomic E-state index is -0.313. The maximum absolute atomic E-state index is 14.2. The molecule has 1 saturated heterocycles. The molecule has 0 amide bonds. The molecule has 2 aliphatic carbocycles. The van der Waals surface area contributed by atoms with Crippen LogP contribution in [0.4, 0.5) is 10.1 Å². The molecular weight excluding hydrogens is 433 g/mol. The van der Waals surface area contributed by atoms with Crippen LogP contribution in [-0.2, 0) is 6.42 Å². The second-order valence-electron chi connectivity index (χ2n) is 9.24. The zero-order valence-corrected chi connectivity index (χ0v) is 18.2. The molecule has 0 bridgehead atoms. The van der Waals surface area contributed by atoms with E-state index in [1.165, 1.54) is 12.5 Å². The average molecular weight is 456 g/mol. The minimum absolute atomic E-state index is 0.116. The van der Waals surface area contributed by atoms with Crippen LogP contribution in [-0.4, -0.2) is 57.6 Å². The van der Waals surface area contributed by atoms with Gasteiger partial charge in [-0.2, -0.15) is 0 Å². The Hall–Kier alpha value is -2.71. The van der Waals surface area contributed by atoms with Gasteiger partial charge in [0.1, 0.15) is 12.1 Å². The molecule has 1 spiro atoms. The van der Waals surface area contributed by atoms with E-state index in [4.69, 9.17) is 16.3 Å². The number of benzene rings is 1. The lowest BCUT2D eigenvalue weighted by atomic mass is 9.61. The molecule has 0 radical (unpaired) electrons. The smallest absolute Gasteiger partial charge is 0.165 e. The molecule has 3 heterocycles. The van der Waals surface area contributed by atoms with E-state index in [9.17, 15) is 9.18 Å². The van der Waals surface area contributed by atoms with Gasteiger partial charge in [0.2, 0.25) is 0 Å². The van der Waals surface area contributed by atoms with Crippen molar-refractivity contribution in [2.24, 2.45) is 5.41 Å². The average Bonchev–Trinajstić information content (AvgIpc) is 3.32. The van der Waals surface area contributed by atoms with Crippen molar-refractivity contribution in [1.29, 1.82) is 0 Å². The summed E-state index contributed by atoms with van der Waals surface area (Å²) < 4.78 is 22.0. The summed E-state index contributed by atoms with van der Waals surface area (Å²) in [7, 11) is 0. The van der Waals surface area contributed by atoms with Gasteiger partial charge in [-0.15, -0.1) is 10.2 Å². The van der Waals surface area contributed by atoms with Crippen molar-refractivity contribution in [3.8, 4) is 5.75 Å². The molecule has 1 N–H and O–H groups in total. The van der Waals surface area contributed by atoms with Crippen LogP contribution in [0.1, 0.15) is 35.2 Å². The van der Waals surface area contributed by atoms with Gasteiger partial charge in [0, 0.05) is 61.4 Å². The zero-order valence-electron chi connectivity index (χ0n) is 17.5. The van der Waals surface area contributed by atoms with Gasteiger partial charge in [0.25, 0.3) is 0 Å². The maximum Gasteiger partial charge on any atom is 0.165 e. The standard InChI is InChI=1S/C23H23ClFN5O2/c24-16-2-4-20(15-1-3-19(31)22(15)16)32-14-8-23(9-14)11-29(12-23)6-5-26-18-7-21-28-27-13-30(21)10-17(18)25/h2,4,7,10,13-14,26H,1,3,5-6,8-9,11-12H2. The van der Waals surface area contributed by atoms with E-state index >= 15 is 0 Å². The number of hydrogen-bond acceptors (Lipinski definition) is 6. The molecule has 1 saturated carbocycles. The summed E-state index contributed by atoms with van der Waals surface area (Å²) in [5.41, 5.74) is 3.03. The number of aromatic nitrogens is 3. The van der Waals surface area contributed by atoms with Crippen molar-refractivity contribution in [2.45, 2.75) is 31.8 Å². The molecule has 9 heteroatoms. The molecule has 3 aliphatic rings. The van der Waals surface area contributed by atoms with Crippen LogP contribution in [0.15, 0.2) is 30.7 Å². The van der Waals surface area contributed by atoms with Crippen molar-refractivity contribution in [3.63, 3.8) is 0 Å². The summed E-state index contributed by atoms with van der Waals surface area (Å²) in [6.45, 7) is 3.61. The van der Waals surface area contributed by atoms with Crippen LogP contribution in [0.25, 0.3) is 5.65 Å². The van der Waals surface area contributed by atoms with Gasteiger partial charge in [-0.1, -0.05) is 11.6 Å². The van der Waals surface area contributed by atoms with Crippen LogP contribution >= 0.6 is 11.6 Å². The topological polar surface area (TPSA) is 71.8 Å². The lowest BCUT2D eigenvalue weighted by Crippen LogP contribution is -2.65. The number of anilines is 1. The number of carbonyl (C=O) groups excluding carboxylic acids is 1. The van der Waals surface area contributed by atoms with Crippen molar-refractivity contribution in [3.05, 3.63) is 52.7 Å². The number of halogens is 2. The lowest BCUT2D eigenvalue weighted by Gasteiger charge is -2.58. The summed E-state index contributed by atoms with van der Waals surface area (Å²) in [4.78, 5) is 14.4. The highest BCUT2D eigenvalue weighted by molar-refractivity contribution is 6.34. The molecule has 32 heavy (non-hydrogen) atoms. The van der Waals surface area contributed by atoms with Gasteiger partial charge in [-0.3, -0.25) is 9.20 Å². The number of likely N-dealkylation sites (tertiary alicyclic amines) is 1. The normalized spacial score (nSPS) is 19.8. The Labute approximate surface area is 189 Å². The lowest BCUT2D eigenvalue weighted by molar-refractivity contribution is -0.117. The Morgan fingerprint density at radius 3 is 2.97 bits per heavy atom. The minimum Gasteiger partial charge on any atom is -0.490 e. The van der Waals surface area contributed by atoms with E-state index in [2.05, 4.69) is 20.4 Å². The molecule has 166 valence electrons. The number of nitrogens with one attached hydrogen (secondary N) is 1. The zero-order chi connectivity index (χ0) is 21.9. The van der Waals surface area contributed by atoms with Gasteiger partial charge in [0.15, 0.2) is 17.2 Å². The molecule has 2 fully saturated rings. The van der Waals surface area contributed by atoms with Crippen molar-refractivity contribution >= 4 is 28.7 Å². The summed E-state index contributed by atoms with van der Waals surface area (Å²) in [6.07, 6.45) is 6.35. The number of hydrogen-bond donors (Lipinski definition) is 1. The molecule has 7 nitrogen and oxygen atoms in total. The Balaban J connectivity index is 0.980. The van der Waals surface area contributed by atoms with E-state index in [-0.39, 0.29) is 17.7 Å². The summed E-state index contributed by atoms with van der Waals surface area (Å²) >= 11 is 6.21. The SMILES string of the molecule is O=C1CCc2c(OC3CC4(C3)CN(CCNc3cc5nncn5cc3F)C4)ccc(Cl)c21. The monoisotopic (exact) mass is 455 g/mol. The number of ether oxygens (including phenoxy) is 1. The first-order valence-electron chi connectivity index (χ1n) is 11.0. The van der Waals surface area contributed by atoms with E-state index < -0.39 is 0 Å². The first-order chi connectivity index (χ1) is 15.5. The van der Waals surface area contributed by atoms with Gasteiger partial charge < -0.3 is 15.0 Å². The highest BCUT2D eigenvalue weighted by Gasteiger charge is 2.53. The highest BCUT2D eigenvalue weighted by Crippen LogP contribution is 2.50. The van der Waals surface area contributed by atoms with Gasteiger partial charge in [0.05, 0.1) is 16.8 Å². The van der Waals surface area contributed by atoms with E-state index in [0.29, 0.717) is 46.7 Å². The Morgan fingerprint density at radius 2 is 2.12 bits per heavy atom. The molecule has 6 rings (SSSR count). The highest BCUT2D eigenvalue weighted by atomic mass is 35.5. The third kappa shape index (κ3) is 3.33. The summed E-state index contributed by atoms with van der Waals surface area (Å²) in [5.74, 6) is 0.624. The van der Waals surface area contributed by atoms with E-state index in [1.807, 2.05) is 6.07 Å². The first kappa shape index (κ1) is 19.9. The second-order valence-corrected chi connectivity index (χ2v) is 9.65. The Kier molecular flexibility index (Phi) is 4.62. The van der Waals surface area contributed by atoms with Crippen LogP contribution in [0.3, 0.4) is 0 Å². The number of fused-ring (bicyclic) bond motifs is 2. The van der Waals surface area contributed by atoms with Crippen molar-refractivity contribution in [2.75, 3.05) is 31.5 Å². The van der Waals surface area contributed by atoms with Crippen LogP contribution in [0.2, 0.25) is 5.02 Å². The molecular formula is C23H23ClFN5O2. The van der Waals surface area contributed by atoms with E-state index in [1.54, 1.807) is 16.5 Å². The molecule has 2 aromatic heterocycles. The first-order valence-corrected chi connectivity index (χ1v) is 11.3. The number of rotatable bonds is 6. The number of ketones is 1. The van der Waals surface area contributed by atoms with Crippen molar-refractivity contribution in [1.82, 2.24) is 19.5 Å². The third-order valence-corrected chi connectivity index (χ3v) is 7.28. The fourth-order valence-corrected chi connectivity index (χ4v) is 5.72. The Morgan fingerprint density at radius 1 is 1.28 bits per heavy atom. The number of pyridine rings is 1. The fraction of sp³-hybridized carbons (Fsp3) is 0.435. The van der Waals surface area contributed by atoms with Gasteiger partial charge in [-0.25, -0.2) is 4.39 Å². The van der Waals surface area contributed by atoms with Gasteiger partial charge >= 0.3 is 0 Å². The van der Waals surface area contributed by atoms with E-state index in [0.717, 1.165) is 43.8 Å². The Bertz CT molecular complexity index is 1210. The number of carbonyl (C=O) groups is 1. The maximum atomic E-state index is 14.2. The molecule has 0 atom stereocenters. The van der Waals surface area contributed by atoms with Crippen LogP contribution in [0, 0.1) is 11.2 Å². The second kappa shape index (κ2) is 7.42. The summed E-state index contributed by atoms with van der Waals surface area (Å²) in [6, 6.07) is 5.35. The predicted octanol–water partition coefficient (Wildman–Crippen LogP) is 3.61. The molecule has 3 aromatic rings. The third-order valence-electron chi connectivity index (χ3n) is 6.96. The molecule has 1 aromatic carbocycles. The number of nitrogens with zero attached hydrogens (tertiary/aromatic N) is 4. The molecule has 1 aliphatic heterocycles. The largest absolute Gasteiger partial charge is 0.490 e. The quantitative estimate of drug-likeness (QED) is 0.612. The predicted molar refractivity (Wildman–Crippen MR) is 118 cm³/mol. The van der Waals surface area contributed by atoms with Gasteiger partial charge in [-0.05, 0) is 31.4 Å². The van der Waals surface area contributed by atoms with Crippen molar-refractivity contribution < 1.29 is 13.9 Å². The number of Topliss-reactive ketones (excluding diaryl/α,β-unsaturated/α-hetero) is 1. The molecule has 0 unspecified atom stereocenters. The van der Waals surface area contributed by atoms with Crippen LogP contribution < -0.4 is 10.1 Å².